The lowest BCUT2D eigenvalue weighted by atomic mass is 9.96. The number of hydrogen-bond acceptors (Lipinski definition) is 6. The van der Waals surface area contributed by atoms with Crippen molar-refractivity contribution in [1.29, 1.82) is 0 Å². The Balaban J connectivity index is 1.36. The van der Waals surface area contributed by atoms with Crippen molar-refractivity contribution in [3.8, 4) is 0 Å². The summed E-state index contributed by atoms with van der Waals surface area (Å²) >= 11 is 1.44. The van der Waals surface area contributed by atoms with E-state index in [2.05, 4.69) is 10.2 Å². The Kier molecular flexibility index (Phi) is 8.30. The molecule has 0 spiro atoms. The normalized spacial score (nSPS) is 17.6. The second kappa shape index (κ2) is 11.1. The highest BCUT2D eigenvalue weighted by Gasteiger charge is 2.34. The van der Waals surface area contributed by atoms with Crippen LogP contribution in [0, 0.1) is 5.92 Å². The van der Waals surface area contributed by atoms with Crippen molar-refractivity contribution in [1.82, 2.24) is 10.2 Å². The van der Waals surface area contributed by atoms with Gasteiger partial charge in [-0.15, -0.1) is 0 Å². The number of alkyl halides is 3. The largest absolute Gasteiger partial charge is 0.444 e. The Hall–Kier alpha value is -2.43. The van der Waals surface area contributed by atoms with Gasteiger partial charge in [0.1, 0.15) is 5.60 Å². The highest BCUT2D eigenvalue weighted by atomic mass is 32.2. The molecule has 0 aliphatic carbocycles. The minimum Gasteiger partial charge on any atom is -0.444 e. The summed E-state index contributed by atoms with van der Waals surface area (Å²) in [7, 11) is 0. The van der Waals surface area contributed by atoms with Gasteiger partial charge in [-0.25, -0.2) is 4.79 Å². The zero-order valence-electron chi connectivity index (χ0n) is 21.3. The average molecular weight is 538 g/mol. The van der Waals surface area contributed by atoms with Crippen molar-refractivity contribution in [2.45, 2.75) is 61.3 Å². The third kappa shape index (κ3) is 7.33. The van der Waals surface area contributed by atoms with Crippen LogP contribution in [0.4, 0.5) is 29.3 Å². The van der Waals surface area contributed by atoms with Gasteiger partial charge in [-0.1, -0.05) is 23.9 Å². The standard InChI is InChI=1S/C27H34F3N3O3S/c1-26(2,3)36-25(35)31-15-18-10-12-32(13-11-18)16-20(34)17-33-21-6-4-5-7-23(21)37-24-9-8-19(14-22(24)33)27(28,29)30/h4-9,14,18,20,34H,10-13,15-17H2,1-3H3,(H,31,35). The van der Waals surface area contributed by atoms with E-state index < -0.39 is 29.5 Å². The molecule has 0 bridgehead atoms. The lowest BCUT2D eigenvalue weighted by Gasteiger charge is -2.37. The molecule has 2 aliphatic rings. The number of nitrogens with zero attached hydrogens (tertiary/aromatic N) is 2. The number of rotatable bonds is 6. The second-order valence-corrected chi connectivity index (χ2v) is 11.7. The van der Waals surface area contributed by atoms with Crippen LogP contribution in [0.1, 0.15) is 39.2 Å². The first kappa shape index (κ1) is 27.6. The highest BCUT2D eigenvalue weighted by Crippen LogP contribution is 2.49. The number of para-hydroxylation sites is 1. The summed E-state index contributed by atoms with van der Waals surface area (Å²) in [4.78, 5) is 17.6. The van der Waals surface area contributed by atoms with Gasteiger partial charge in [0.2, 0.25) is 0 Å². The zero-order chi connectivity index (χ0) is 26.8. The van der Waals surface area contributed by atoms with Gasteiger partial charge in [0.05, 0.1) is 29.6 Å². The summed E-state index contributed by atoms with van der Waals surface area (Å²) < 4.78 is 45.6. The fraction of sp³-hybridized carbons (Fsp3) is 0.519. The molecule has 2 aromatic rings. The Bertz CT molecular complexity index is 1100. The summed E-state index contributed by atoms with van der Waals surface area (Å²) in [6.07, 6.45) is -3.86. The first-order chi connectivity index (χ1) is 17.4. The van der Waals surface area contributed by atoms with E-state index in [4.69, 9.17) is 4.74 Å². The number of halogens is 3. The molecule has 1 unspecified atom stereocenters. The van der Waals surface area contributed by atoms with Crippen LogP contribution in [0.25, 0.3) is 0 Å². The predicted molar refractivity (Wildman–Crippen MR) is 138 cm³/mol. The van der Waals surface area contributed by atoms with Gasteiger partial charge < -0.3 is 25.0 Å². The molecule has 2 heterocycles. The van der Waals surface area contributed by atoms with Crippen molar-refractivity contribution in [2.75, 3.05) is 37.6 Å². The van der Waals surface area contributed by atoms with Crippen molar-refractivity contribution in [2.24, 2.45) is 5.92 Å². The van der Waals surface area contributed by atoms with E-state index in [1.54, 1.807) is 4.90 Å². The molecule has 1 atom stereocenters. The molecular weight excluding hydrogens is 503 g/mol. The number of amides is 1. The van der Waals surface area contributed by atoms with Gasteiger partial charge in [-0.2, -0.15) is 13.2 Å². The van der Waals surface area contributed by atoms with Gasteiger partial charge in [0, 0.05) is 22.9 Å². The topological polar surface area (TPSA) is 65.0 Å². The predicted octanol–water partition coefficient (Wildman–Crippen LogP) is 5.91. The van der Waals surface area contributed by atoms with Crippen LogP contribution in [0.5, 0.6) is 0 Å². The van der Waals surface area contributed by atoms with Crippen molar-refractivity contribution in [3.05, 3.63) is 48.0 Å². The molecule has 4 rings (SSSR count). The van der Waals surface area contributed by atoms with E-state index in [0.29, 0.717) is 24.7 Å². The van der Waals surface area contributed by atoms with E-state index in [1.165, 1.54) is 23.9 Å². The number of benzene rings is 2. The van der Waals surface area contributed by atoms with Gasteiger partial charge in [-0.05, 0) is 83.0 Å². The Labute approximate surface area is 220 Å². The molecule has 202 valence electrons. The zero-order valence-corrected chi connectivity index (χ0v) is 22.2. The second-order valence-electron chi connectivity index (χ2n) is 10.6. The summed E-state index contributed by atoms with van der Waals surface area (Å²) in [6, 6.07) is 11.4. The minimum atomic E-state index is -4.44. The molecule has 1 amide bonds. The van der Waals surface area contributed by atoms with Crippen LogP contribution >= 0.6 is 11.8 Å². The molecule has 6 nitrogen and oxygen atoms in total. The number of ether oxygens (including phenoxy) is 1. The molecule has 2 aliphatic heterocycles. The molecule has 2 aromatic carbocycles. The fourth-order valence-corrected chi connectivity index (χ4v) is 5.76. The highest BCUT2D eigenvalue weighted by molar-refractivity contribution is 7.99. The molecule has 2 N–H and O–H groups in total. The van der Waals surface area contributed by atoms with Gasteiger partial charge in [0.15, 0.2) is 0 Å². The molecule has 0 saturated carbocycles. The number of piperidine rings is 1. The maximum Gasteiger partial charge on any atom is 0.416 e. The number of aliphatic hydroxyl groups is 1. The number of likely N-dealkylation sites (tertiary alicyclic amines) is 1. The number of anilines is 2. The number of fused-ring (bicyclic) bond motifs is 2. The van der Waals surface area contributed by atoms with Crippen LogP contribution in [0.2, 0.25) is 0 Å². The van der Waals surface area contributed by atoms with E-state index in [0.717, 1.165) is 47.5 Å². The number of alkyl carbamates (subject to hydrolysis) is 1. The van der Waals surface area contributed by atoms with Crippen LogP contribution < -0.4 is 10.2 Å². The van der Waals surface area contributed by atoms with Crippen LogP contribution in [0.3, 0.4) is 0 Å². The smallest absolute Gasteiger partial charge is 0.416 e. The first-order valence-electron chi connectivity index (χ1n) is 12.5. The van der Waals surface area contributed by atoms with Gasteiger partial charge >= 0.3 is 12.3 Å². The Morgan fingerprint density at radius 3 is 2.43 bits per heavy atom. The number of β-amino-alcohol motifs (C(OH)–C–C–N with tert-alkyl or cyclic N) is 1. The number of aliphatic hydroxyl groups excluding tert-OH is 1. The molecule has 1 saturated heterocycles. The SMILES string of the molecule is CC(C)(C)OC(=O)NCC1CCN(CC(O)CN2c3ccccc3Sc3ccc(C(F)(F)F)cc32)CC1. The lowest BCUT2D eigenvalue weighted by Crippen LogP contribution is -2.44. The first-order valence-corrected chi connectivity index (χ1v) is 13.3. The fourth-order valence-electron chi connectivity index (χ4n) is 4.68. The number of carbonyl (C=O) groups is 1. The Morgan fingerprint density at radius 1 is 1.08 bits per heavy atom. The molecule has 1 fully saturated rings. The van der Waals surface area contributed by atoms with Crippen molar-refractivity contribution in [3.63, 3.8) is 0 Å². The van der Waals surface area contributed by atoms with Crippen LogP contribution in [-0.2, 0) is 10.9 Å². The lowest BCUT2D eigenvalue weighted by molar-refractivity contribution is -0.137. The number of hydrogen-bond donors (Lipinski definition) is 2. The van der Waals surface area contributed by atoms with E-state index >= 15 is 0 Å². The monoisotopic (exact) mass is 537 g/mol. The molecule has 10 heteroatoms. The summed E-state index contributed by atoms with van der Waals surface area (Å²) in [6.45, 7) is 8.19. The summed E-state index contributed by atoms with van der Waals surface area (Å²) in [5, 5.41) is 13.8. The van der Waals surface area contributed by atoms with Gasteiger partial charge in [0.25, 0.3) is 0 Å². The number of nitrogens with one attached hydrogen (secondary N) is 1. The Morgan fingerprint density at radius 2 is 1.76 bits per heavy atom. The molecule has 0 radical (unpaired) electrons. The summed E-state index contributed by atoms with van der Waals surface area (Å²) in [5.74, 6) is 0.333. The molecular formula is C27H34F3N3O3S. The van der Waals surface area contributed by atoms with Crippen molar-refractivity contribution >= 4 is 29.2 Å². The quantitative estimate of drug-likeness (QED) is 0.478. The number of carbonyl (C=O) groups excluding carboxylic acids is 1. The van der Waals surface area contributed by atoms with Crippen LogP contribution in [-0.4, -0.2) is 60.5 Å². The van der Waals surface area contributed by atoms with Gasteiger partial charge in [-0.3, -0.25) is 0 Å². The third-order valence-corrected chi connectivity index (χ3v) is 7.59. The van der Waals surface area contributed by atoms with E-state index in [-0.39, 0.29) is 6.54 Å². The molecule has 0 aromatic heterocycles. The molecule has 37 heavy (non-hydrogen) atoms. The summed E-state index contributed by atoms with van der Waals surface area (Å²) in [5.41, 5.74) is 0.0222. The average Bonchev–Trinajstić information content (AvgIpc) is 2.81. The van der Waals surface area contributed by atoms with Crippen molar-refractivity contribution < 1.29 is 27.8 Å². The minimum absolute atomic E-state index is 0.187. The maximum atomic E-state index is 13.4. The maximum absolute atomic E-state index is 13.4. The van der Waals surface area contributed by atoms with E-state index in [1.807, 2.05) is 45.0 Å². The van der Waals surface area contributed by atoms with Crippen LogP contribution in [0.15, 0.2) is 52.3 Å². The third-order valence-electron chi connectivity index (χ3n) is 6.46. The van der Waals surface area contributed by atoms with E-state index in [9.17, 15) is 23.1 Å².